The van der Waals surface area contributed by atoms with Gasteiger partial charge in [0, 0.05) is 6.54 Å². The minimum Gasteiger partial charge on any atom is -0.494 e. The van der Waals surface area contributed by atoms with Crippen molar-refractivity contribution < 1.29 is 24.3 Å². The highest BCUT2D eigenvalue weighted by Crippen LogP contribution is 2.12. The molecule has 0 saturated carbocycles. The summed E-state index contributed by atoms with van der Waals surface area (Å²) in [4.78, 5) is 24.6. The number of hydrogen-bond acceptors (Lipinski definition) is 6. The fourth-order valence-electron chi connectivity index (χ4n) is 2.92. The molecule has 0 heterocycles. The molecular weight excluding hydrogens is 410 g/mol. The summed E-state index contributed by atoms with van der Waals surface area (Å²) in [6.07, 6.45) is 2.19. The van der Waals surface area contributed by atoms with Crippen molar-refractivity contribution in [2.45, 2.75) is 39.3 Å². The fraction of sp³-hybridized carbons (Fsp3) is 0.375. The first kappa shape index (κ1) is 24.7. The van der Waals surface area contributed by atoms with Crippen molar-refractivity contribution >= 4 is 18.2 Å². The quantitative estimate of drug-likeness (QED) is 0.201. The van der Waals surface area contributed by atoms with Crippen molar-refractivity contribution in [3.8, 4) is 5.75 Å². The first-order valence-corrected chi connectivity index (χ1v) is 10.6. The lowest BCUT2D eigenvalue weighted by molar-refractivity contribution is -0.124. The van der Waals surface area contributed by atoms with Crippen molar-refractivity contribution in [1.29, 1.82) is 0 Å². The van der Waals surface area contributed by atoms with Crippen molar-refractivity contribution in [3.63, 3.8) is 0 Å². The molecule has 3 N–H and O–H groups in total. The standard InChI is InChI=1S/C24H31N3O5/c1-18(2)22(27-24(29)32-17-19-9-4-3-5-10-19)23(28)25-13-6-7-14-31-21-12-8-11-20(15-21)16-26-30/h3-5,8-12,15-16,18,22,30H,6-7,13-14,17H2,1-2H3,(H,25,28)(H,27,29)/b26-16+/t22-/m0/s1. The molecule has 32 heavy (non-hydrogen) atoms. The van der Waals surface area contributed by atoms with Crippen LogP contribution in [0.1, 0.15) is 37.8 Å². The molecule has 0 fully saturated rings. The van der Waals surface area contributed by atoms with E-state index < -0.39 is 12.1 Å². The molecule has 8 heteroatoms. The number of nitrogens with zero attached hydrogens (tertiary/aromatic N) is 1. The number of rotatable bonds is 12. The van der Waals surface area contributed by atoms with Crippen LogP contribution in [0.15, 0.2) is 59.8 Å². The van der Waals surface area contributed by atoms with E-state index in [1.807, 2.05) is 56.3 Å². The van der Waals surface area contributed by atoms with Gasteiger partial charge >= 0.3 is 6.09 Å². The Kier molecular flexibility index (Phi) is 10.6. The first-order chi connectivity index (χ1) is 15.5. The van der Waals surface area contributed by atoms with Crippen molar-refractivity contribution in [3.05, 3.63) is 65.7 Å². The van der Waals surface area contributed by atoms with Crippen LogP contribution in [-0.4, -0.2) is 42.6 Å². The Balaban J connectivity index is 1.66. The Morgan fingerprint density at radius 3 is 2.59 bits per heavy atom. The molecule has 8 nitrogen and oxygen atoms in total. The maximum absolute atomic E-state index is 12.5. The summed E-state index contributed by atoms with van der Waals surface area (Å²) >= 11 is 0. The molecule has 0 unspecified atom stereocenters. The number of carbonyl (C=O) groups is 2. The second kappa shape index (κ2) is 13.7. The first-order valence-electron chi connectivity index (χ1n) is 10.6. The largest absolute Gasteiger partial charge is 0.494 e. The molecule has 0 aliphatic rings. The molecule has 2 aromatic rings. The predicted molar refractivity (Wildman–Crippen MR) is 122 cm³/mol. The van der Waals surface area contributed by atoms with Gasteiger partial charge in [0.2, 0.25) is 5.91 Å². The summed E-state index contributed by atoms with van der Waals surface area (Å²) in [5.74, 6) is 0.357. The van der Waals surface area contributed by atoms with Gasteiger partial charge in [0.15, 0.2) is 0 Å². The van der Waals surface area contributed by atoms with E-state index in [2.05, 4.69) is 15.8 Å². The van der Waals surface area contributed by atoms with Crippen LogP contribution in [0.5, 0.6) is 5.75 Å². The van der Waals surface area contributed by atoms with Crippen LogP contribution in [0, 0.1) is 5.92 Å². The van der Waals surface area contributed by atoms with E-state index in [0.29, 0.717) is 18.9 Å². The summed E-state index contributed by atoms with van der Waals surface area (Å²) in [5.41, 5.74) is 1.62. The SMILES string of the molecule is CC(C)[C@H](NC(=O)OCc1ccccc1)C(=O)NCCCCOc1cccc(/C=N/O)c1. The molecule has 0 bridgehead atoms. The highest BCUT2D eigenvalue weighted by molar-refractivity contribution is 5.85. The van der Waals surface area contributed by atoms with Crippen molar-refractivity contribution in [1.82, 2.24) is 10.6 Å². The Morgan fingerprint density at radius 2 is 1.88 bits per heavy atom. The number of amides is 2. The maximum atomic E-state index is 12.5. The topological polar surface area (TPSA) is 109 Å². The number of unbranched alkanes of at least 4 members (excludes halogenated alkanes) is 1. The van der Waals surface area contributed by atoms with Gasteiger partial charge in [0.1, 0.15) is 18.4 Å². The van der Waals surface area contributed by atoms with Crippen molar-refractivity contribution in [2.24, 2.45) is 11.1 Å². The van der Waals surface area contributed by atoms with E-state index in [4.69, 9.17) is 14.7 Å². The van der Waals surface area contributed by atoms with E-state index in [1.54, 1.807) is 12.1 Å². The lowest BCUT2D eigenvalue weighted by atomic mass is 10.0. The molecule has 0 spiro atoms. The molecule has 0 aliphatic heterocycles. The van der Waals surface area contributed by atoms with Gasteiger partial charge < -0.3 is 25.3 Å². The third-order valence-electron chi connectivity index (χ3n) is 4.64. The summed E-state index contributed by atoms with van der Waals surface area (Å²) < 4.78 is 10.9. The summed E-state index contributed by atoms with van der Waals surface area (Å²) in [7, 11) is 0. The minimum absolute atomic E-state index is 0.0858. The zero-order valence-electron chi connectivity index (χ0n) is 18.5. The number of oxime groups is 1. The number of carbonyl (C=O) groups excluding carboxylic acids is 2. The number of nitrogens with one attached hydrogen (secondary N) is 2. The second-order valence-electron chi connectivity index (χ2n) is 7.59. The predicted octanol–water partition coefficient (Wildman–Crippen LogP) is 3.72. The van der Waals surface area contributed by atoms with Crippen LogP contribution in [0.25, 0.3) is 0 Å². The molecule has 0 aliphatic carbocycles. The maximum Gasteiger partial charge on any atom is 0.408 e. The number of benzene rings is 2. The van der Waals surface area contributed by atoms with Crippen LogP contribution in [0.4, 0.5) is 4.79 Å². The van der Waals surface area contributed by atoms with Gasteiger partial charge in [-0.1, -0.05) is 61.5 Å². The van der Waals surface area contributed by atoms with Crippen LogP contribution in [0.3, 0.4) is 0 Å². The van der Waals surface area contributed by atoms with Crippen LogP contribution >= 0.6 is 0 Å². The molecule has 0 radical (unpaired) electrons. The van der Waals surface area contributed by atoms with Gasteiger partial charge in [-0.2, -0.15) is 0 Å². The number of ether oxygens (including phenoxy) is 2. The fourth-order valence-corrected chi connectivity index (χ4v) is 2.92. The average Bonchev–Trinajstić information content (AvgIpc) is 2.79. The third kappa shape index (κ3) is 9.07. The van der Waals surface area contributed by atoms with Gasteiger partial charge in [-0.15, -0.1) is 0 Å². The van der Waals surface area contributed by atoms with Crippen LogP contribution in [-0.2, 0) is 16.1 Å². The van der Waals surface area contributed by atoms with Gasteiger partial charge in [-0.25, -0.2) is 4.79 Å². The smallest absolute Gasteiger partial charge is 0.408 e. The van der Waals surface area contributed by atoms with E-state index in [1.165, 1.54) is 6.21 Å². The van der Waals surface area contributed by atoms with Gasteiger partial charge in [-0.3, -0.25) is 4.79 Å². The molecule has 2 rings (SSSR count). The van der Waals surface area contributed by atoms with Gasteiger partial charge in [0.25, 0.3) is 0 Å². The van der Waals surface area contributed by atoms with Crippen molar-refractivity contribution in [2.75, 3.05) is 13.2 Å². The Morgan fingerprint density at radius 1 is 1.09 bits per heavy atom. The van der Waals surface area contributed by atoms with Gasteiger partial charge in [0.05, 0.1) is 12.8 Å². The second-order valence-corrected chi connectivity index (χ2v) is 7.59. The van der Waals surface area contributed by atoms with Crippen LogP contribution < -0.4 is 15.4 Å². The Hall–Kier alpha value is -3.55. The normalized spacial score (nSPS) is 11.8. The zero-order valence-corrected chi connectivity index (χ0v) is 18.5. The summed E-state index contributed by atoms with van der Waals surface area (Å²) in [5, 5.41) is 17.1. The van der Waals surface area contributed by atoms with E-state index in [-0.39, 0.29) is 18.4 Å². The molecule has 172 valence electrons. The average molecular weight is 442 g/mol. The molecule has 0 aromatic heterocycles. The lowest BCUT2D eigenvalue weighted by Crippen LogP contribution is -2.50. The molecule has 2 aromatic carbocycles. The molecular formula is C24H31N3O5. The Labute approximate surface area is 188 Å². The number of hydrogen-bond donors (Lipinski definition) is 3. The minimum atomic E-state index is -0.676. The number of alkyl carbamates (subject to hydrolysis) is 1. The lowest BCUT2D eigenvalue weighted by Gasteiger charge is -2.21. The van der Waals surface area contributed by atoms with Crippen LogP contribution in [0.2, 0.25) is 0 Å². The molecule has 0 saturated heterocycles. The highest BCUT2D eigenvalue weighted by Gasteiger charge is 2.24. The third-order valence-corrected chi connectivity index (χ3v) is 4.64. The van der Waals surface area contributed by atoms with E-state index in [9.17, 15) is 9.59 Å². The highest BCUT2D eigenvalue weighted by atomic mass is 16.5. The monoisotopic (exact) mass is 441 g/mol. The van der Waals surface area contributed by atoms with E-state index >= 15 is 0 Å². The molecule has 1 atom stereocenters. The summed E-state index contributed by atoms with van der Waals surface area (Å²) in [6.45, 7) is 4.85. The molecule has 2 amide bonds. The zero-order chi connectivity index (χ0) is 23.2. The van der Waals surface area contributed by atoms with Gasteiger partial charge in [-0.05, 0) is 42.0 Å². The summed E-state index contributed by atoms with van der Waals surface area (Å²) in [6, 6.07) is 15.9. The Bertz CT molecular complexity index is 871. The van der Waals surface area contributed by atoms with E-state index in [0.717, 1.165) is 24.0 Å².